The van der Waals surface area contributed by atoms with Crippen molar-refractivity contribution >= 4 is 17.5 Å². The molecule has 184 valence electrons. The molecule has 2 aromatic rings. The van der Waals surface area contributed by atoms with Crippen LogP contribution in [-0.2, 0) is 30.0 Å². The Morgan fingerprint density at radius 1 is 0.714 bits per heavy atom. The van der Waals surface area contributed by atoms with Gasteiger partial charge in [0.25, 0.3) is 0 Å². The highest BCUT2D eigenvalue weighted by atomic mass is 16.5. The van der Waals surface area contributed by atoms with Crippen LogP contribution >= 0.6 is 0 Å². The predicted molar refractivity (Wildman–Crippen MR) is 137 cm³/mol. The van der Waals surface area contributed by atoms with Crippen molar-refractivity contribution in [1.29, 1.82) is 0 Å². The number of benzene rings is 2. The van der Waals surface area contributed by atoms with Crippen LogP contribution in [0.15, 0.2) is 60.4 Å². The predicted octanol–water partition coefficient (Wildman–Crippen LogP) is 6.53. The minimum atomic E-state index is -1.47. The summed E-state index contributed by atoms with van der Waals surface area (Å²) in [6.45, 7) is 14.5. The fraction of sp³-hybridized carbons (Fsp3) is 0.452. The van der Waals surface area contributed by atoms with Gasteiger partial charge in [-0.2, -0.15) is 0 Å². The molecule has 0 N–H and O–H groups in total. The van der Waals surface area contributed by atoms with E-state index in [1.165, 1.54) is 6.26 Å². The average Bonchev–Trinajstić information content (AvgIpc) is 2.79. The van der Waals surface area contributed by atoms with Gasteiger partial charge in [0.05, 0.1) is 0 Å². The van der Waals surface area contributed by atoms with Gasteiger partial charge < -0.3 is 4.74 Å². The molecule has 2 aromatic carbocycles. The average molecular weight is 473 g/mol. The number of rotatable bonds is 2. The molecule has 1 aliphatic heterocycles. The number of allylic oxidation sites excluding steroid dienone is 1. The molecule has 1 fully saturated rings. The Balaban J connectivity index is 1.90. The van der Waals surface area contributed by atoms with Crippen molar-refractivity contribution in [1.82, 2.24) is 0 Å². The summed E-state index contributed by atoms with van der Waals surface area (Å²) >= 11 is 0. The van der Waals surface area contributed by atoms with E-state index in [4.69, 9.17) is 4.74 Å². The van der Waals surface area contributed by atoms with Crippen molar-refractivity contribution < 1.29 is 19.1 Å². The third kappa shape index (κ3) is 4.28. The number of cyclic esters (lactones) is 1. The van der Waals surface area contributed by atoms with Crippen molar-refractivity contribution in [2.75, 3.05) is 0 Å². The summed E-state index contributed by atoms with van der Waals surface area (Å²) in [6.07, 6.45) is 1.53. The minimum Gasteiger partial charge on any atom is -0.433 e. The smallest absolute Gasteiger partial charge is 0.326 e. The monoisotopic (exact) mass is 472 g/mol. The first-order chi connectivity index (χ1) is 16.3. The van der Waals surface area contributed by atoms with E-state index in [0.717, 1.165) is 22.3 Å². The first kappa shape index (κ1) is 25.1. The molecule has 0 saturated heterocycles. The zero-order valence-corrected chi connectivity index (χ0v) is 21.9. The molecule has 2 atom stereocenters. The number of hydrogen-bond acceptors (Lipinski definition) is 4. The lowest BCUT2D eigenvalue weighted by atomic mass is 9.53. The molecule has 4 rings (SSSR count). The van der Waals surface area contributed by atoms with Crippen LogP contribution in [0.2, 0.25) is 0 Å². The maximum absolute atomic E-state index is 14.0. The molecule has 0 aromatic heterocycles. The molecule has 0 bridgehead atoms. The molecule has 35 heavy (non-hydrogen) atoms. The van der Waals surface area contributed by atoms with Crippen LogP contribution in [0.25, 0.3) is 0 Å². The van der Waals surface area contributed by atoms with Gasteiger partial charge in [-0.3, -0.25) is 14.4 Å². The van der Waals surface area contributed by atoms with Crippen LogP contribution in [0.1, 0.15) is 95.4 Å². The number of Topliss-reactive ketones (excluding diaryl/α,β-unsaturated/α-hetero) is 2. The molecule has 1 aliphatic carbocycles. The number of esters is 1. The van der Waals surface area contributed by atoms with Crippen LogP contribution in [-0.4, -0.2) is 17.5 Å². The summed E-state index contributed by atoms with van der Waals surface area (Å²) in [5, 5.41) is 0. The molecule has 4 heteroatoms. The minimum absolute atomic E-state index is 0.0329. The first-order valence-corrected chi connectivity index (χ1v) is 12.4. The summed E-state index contributed by atoms with van der Waals surface area (Å²) in [5.74, 6) is -1.92. The molecule has 4 nitrogen and oxygen atoms in total. The summed E-state index contributed by atoms with van der Waals surface area (Å²) in [4.78, 5) is 40.7. The Hall–Kier alpha value is -3.01. The quantitative estimate of drug-likeness (QED) is 0.368. The number of ether oxygens (including phenoxy) is 1. The highest BCUT2D eigenvalue weighted by Crippen LogP contribution is 2.57. The van der Waals surface area contributed by atoms with Gasteiger partial charge in [0.2, 0.25) is 0 Å². The van der Waals surface area contributed by atoms with Crippen LogP contribution in [0.5, 0.6) is 0 Å². The van der Waals surface area contributed by atoms with E-state index < -0.39 is 23.2 Å². The highest BCUT2D eigenvalue weighted by molar-refractivity contribution is 6.16. The Morgan fingerprint density at radius 3 is 1.49 bits per heavy atom. The normalized spacial score (nSPS) is 25.5. The molecular formula is C31H36O4. The van der Waals surface area contributed by atoms with Gasteiger partial charge in [0.1, 0.15) is 17.5 Å². The second-order valence-electron chi connectivity index (χ2n) is 12.2. The van der Waals surface area contributed by atoms with Gasteiger partial charge in [-0.1, -0.05) is 90.1 Å². The second-order valence-corrected chi connectivity index (χ2v) is 12.2. The number of carbonyl (C=O) groups excluding carboxylic acids is 3. The van der Waals surface area contributed by atoms with Crippen LogP contribution in [0.4, 0.5) is 0 Å². The SMILES string of the molecule is CC1=COC(=O)C2(C1=O)C(c1ccc(C(C)(C)C)cc1)CC(=O)CC2c1ccc(C(C)(C)C)cc1. The van der Waals surface area contributed by atoms with Gasteiger partial charge in [-0.05, 0) is 40.0 Å². The van der Waals surface area contributed by atoms with Crippen molar-refractivity contribution in [2.45, 2.75) is 84.0 Å². The Kier molecular flexibility index (Phi) is 6.15. The Bertz CT molecular complexity index is 1120. The molecular weight excluding hydrogens is 436 g/mol. The number of ketones is 2. The van der Waals surface area contributed by atoms with E-state index in [-0.39, 0.29) is 35.2 Å². The largest absolute Gasteiger partial charge is 0.433 e. The van der Waals surface area contributed by atoms with Crippen molar-refractivity contribution in [3.8, 4) is 0 Å². The van der Waals surface area contributed by atoms with Gasteiger partial charge in [0, 0.05) is 30.3 Å². The lowest BCUT2D eigenvalue weighted by Gasteiger charge is -2.47. The van der Waals surface area contributed by atoms with E-state index in [9.17, 15) is 14.4 Å². The molecule has 2 aliphatic rings. The topological polar surface area (TPSA) is 60.4 Å². The van der Waals surface area contributed by atoms with Crippen LogP contribution < -0.4 is 0 Å². The summed E-state index contributed by atoms with van der Waals surface area (Å²) < 4.78 is 5.52. The fourth-order valence-electron chi connectivity index (χ4n) is 5.61. The number of carbonyl (C=O) groups is 3. The zero-order chi connectivity index (χ0) is 25.8. The molecule has 1 saturated carbocycles. The van der Waals surface area contributed by atoms with E-state index in [1.807, 2.05) is 48.5 Å². The van der Waals surface area contributed by atoms with E-state index in [1.54, 1.807) is 6.92 Å². The fourth-order valence-corrected chi connectivity index (χ4v) is 5.61. The molecule has 0 radical (unpaired) electrons. The van der Waals surface area contributed by atoms with E-state index in [0.29, 0.717) is 5.57 Å². The Labute approximate surface area is 208 Å². The van der Waals surface area contributed by atoms with Crippen molar-refractivity contribution in [3.63, 3.8) is 0 Å². The van der Waals surface area contributed by atoms with Crippen LogP contribution in [0.3, 0.4) is 0 Å². The lowest BCUT2D eigenvalue weighted by Crippen LogP contribution is -2.55. The number of hydrogen-bond donors (Lipinski definition) is 0. The third-order valence-electron chi connectivity index (χ3n) is 7.74. The van der Waals surface area contributed by atoms with Gasteiger partial charge in [0.15, 0.2) is 5.78 Å². The van der Waals surface area contributed by atoms with Gasteiger partial charge in [-0.15, -0.1) is 0 Å². The first-order valence-electron chi connectivity index (χ1n) is 12.4. The summed E-state index contributed by atoms with van der Waals surface area (Å²) in [5.41, 5.74) is 2.82. The zero-order valence-electron chi connectivity index (χ0n) is 21.9. The second kappa shape index (κ2) is 8.58. The highest BCUT2D eigenvalue weighted by Gasteiger charge is 2.63. The Morgan fingerprint density at radius 2 is 1.11 bits per heavy atom. The molecule has 1 spiro atoms. The maximum atomic E-state index is 14.0. The molecule has 0 amide bonds. The van der Waals surface area contributed by atoms with Gasteiger partial charge >= 0.3 is 5.97 Å². The lowest BCUT2D eigenvalue weighted by molar-refractivity contribution is -0.163. The standard InChI is InChI=1S/C31H36O4/c1-19-18-35-28(34)31(27(19)33)25(20-8-12-22(13-9-20)29(2,3)4)16-24(32)17-26(31)21-10-14-23(15-11-21)30(5,6)7/h8-15,18,25-26H,16-17H2,1-7H3. The van der Waals surface area contributed by atoms with Gasteiger partial charge in [-0.25, -0.2) is 0 Å². The van der Waals surface area contributed by atoms with E-state index >= 15 is 0 Å². The van der Waals surface area contributed by atoms with Crippen LogP contribution in [0, 0.1) is 5.41 Å². The summed E-state index contributed by atoms with van der Waals surface area (Å²) in [6, 6.07) is 16.0. The summed E-state index contributed by atoms with van der Waals surface area (Å²) in [7, 11) is 0. The maximum Gasteiger partial charge on any atom is 0.326 e. The third-order valence-corrected chi connectivity index (χ3v) is 7.74. The van der Waals surface area contributed by atoms with E-state index in [2.05, 4.69) is 41.5 Å². The van der Waals surface area contributed by atoms with Crippen molar-refractivity contribution in [3.05, 3.63) is 82.6 Å². The molecule has 1 heterocycles. The van der Waals surface area contributed by atoms with Crippen molar-refractivity contribution in [2.24, 2.45) is 5.41 Å². The molecule has 2 unspecified atom stereocenters.